The molecule has 9 nitrogen and oxygen atoms in total. The highest BCUT2D eigenvalue weighted by atomic mass is 16.6. The molecule has 3 N–H and O–H groups in total. The second kappa shape index (κ2) is 10.9. The molecule has 208 valence electrons. The normalized spacial score (nSPS) is 19.6. The number of hydrogen-bond donors (Lipinski definition) is 3. The van der Waals surface area contributed by atoms with Gasteiger partial charge in [-0.05, 0) is 55.4 Å². The Labute approximate surface area is 235 Å². The zero-order valence-corrected chi connectivity index (χ0v) is 23.1. The average Bonchev–Trinajstić information content (AvgIpc) is 3.49. The Balaban J connectivity index is 1.33. The van der Waals surface area contributed by atoms with Gasteiger partial charge in [-0.3, -0.25) is 0 Å². The third-order valence-electron chi connectivity index (χ3n) is 7.93. The Morgan fingerprint density at radius 2 is 1.90 bits per heavy atom. The molecule has 0 saturated carbocycles. The van der Waals surface area contributed by atoms with E-state index in [9.17, 15) is 5.11 Å². The number of benzene rings is 2. The third kappa shape index (κ3) is 5.20. The Morgan fingerprint density at radius 3 is 2.65 bits per heavy atom. The van der Waals surface area contributed by atoms with Crippen LogP contribution in [0.15, 0.2) is 65.8 Å². The number of aromatic nitrogens is 1. The molecule has 3 aliphatic rings. The fourth-order valence-electron chi connectivity index (χ4n) is 5.63. The summed E-state index contributed by atoms with van der Waals surface area (Å²) in [4.78, 5) is 9.75. The molecule has 4 heterocycles. The summed E-state index contributed by atoms with van der Waals surface area (Å²) in [7, 11) is 1.27. The molecule has 10 heteroatoms. The summed E-state index contributed by atoms with van der Waals surface area (Å²) in [5, 5.41) is 17.3. The van der Waals surface area contributed by atoms with E-state index >= 15 is 0 Å². The molecule has 2 aromatic carbocycles. The summed E-state index contributed by atoms with van der Waals surface area (Å²) in [5.74, 6) is 1.21. The highest BCUT2D eigenvalue weighted by molar-refractivity contribution is 6.63. The van der Waals surface area contributed by atoms with Crippen LogP contribution in [0.2, 0.25) is 0 Å². The van der Waals surface area contributed by atoms with Gasteiger partial charge < -0.3 is 34.5 Å². The maximum Gasteiger partial charge on any atom is 0.494 e. The largest absolute Gasteiger partial charge is 0.494 e. The van der Waals surface area contributed by atoms with E-state index in [0.717, 1.165) is 46.4 Å². The van der Waals surface area contributed by atoms with E-state index in [4.69, 9.17) is 28.8 Å². The molecule has 0 amide bonds. The minimum atomic E-state index is -0.472. The lowest BCUT2D eigenvalue weighted by Crippen LogP contribution is -2.35. The number of pyridine rings is 1. The van der Waals surface area contributed by atoms with E-state index < -0.39 is 5.60 Å². The van der Waals surface area contributed by atoms with Crippen LogP contribution in [0.3, 0.4) is 0 Å². The van der Waals surface area contributed by atoms with Crippen molar-refractivity contribution in [3.63, 3.8) is 0 Å². The predicted molar refractivity (Wildman–Crippen MR) is 156 cm³/mol. The van der Waals surface area contributed by atoms with Gasteiger partial charge in [0, 0.05) is 38.3 Å². The summed E-state index contributed by atoms with van der Waals surface area (Å²) in [6.45, 7) is 5.89. The summed E-state index contributed by atoms with van der Waals surface area (Å²) in [6, 6.07) is 17.6. The standard InChI is InChI=1S/C30H35BN4O5/c1-29(2)23-15-21(9-10-24(23)31(37-3)40-29)33-27-16-25(34-26(18-36)20-7-5-4-6-8-20)22(17-32-27)28-35-30(19-39-28)11-13-38-14-12-30/h4-10,15-17,26,36H,11-14,18-19H2,1-3H3,(H2,32,33,34)/t26-/m1/s1. The lowest BCUT2D eigenvalue weighted by molar-refractivity contribution is 0.0442. The number of hydrogen-bond acceptors (Lipinski definition) is 9. The van der Waals surface area contributed by atoms with Crippen molar-refractivity contribution in [3.05, 3.63) is 77.5 Å². The van der Waals surface area contributed by atoms with Gasteiger partial charge in [0.25, 0.3) is 0 Å². The topological polar surface area (TPSA) is 106 Å². The van der Waals surface area contributed by atoms with Crippen molar-refractivity contribution in [1.29, 1.82) is 0 Å². The van der Waals surface area contributed by atoms with E-state index in [1.807, 2.05) is 62.4 Å². The molecule has 1 atom stereocenters. The fraction of sp³-hybridized carbons (Fsp3) is 0.400. The Bertz CT molecular complexity index is 1390. The third-order valence-corrected chi connectivity index (χ3v) is 7.93. The van der Waals surface area contributed by atoms with Crippen molar-refractivity contribution in [1.82, 2.24) is 4.98 Å². The average molecular weight is 542 g/mol. The summed E-state index contributed by atoms with van der Waals surface area (Å²) < 4.78 is 23.3. The molecule has 0 radical (unpaired) electrons. The minimum absolute atomic E-state index is 0.0796. The highest BCUT2D eigenvalue weighted by Gasteiger charge is 2.42. The zero-order valence-electron chi connectivity index (χ0n) is 23.1. The van der Waals surface area contributed by atoms with Crippen LogP contribution in [0, 0.1) is 0 Å². The van der Waals surface area contributed by atoms with Crippen LogP contribution in [0.4, 0.5) is 17.2 Å². The molecule has 0 bridgehead atoms. The molecule has 1 aromatic heterocycles. The monoisotopic (exact) mass is 542 g/mol. The van der Waals surface area contributed by atoms with E-state index in [-0.39, 0.29) is 25.3 Å². The van der Waals surface area contributed by atoms with Gasteiger partial charge in [0.2, 0.25) is 5.90 Å². The first-order valence-electron chi connectivity index (χ1n) is 13.7. The molecule has 3 aromatic rings. The van der Waals surface area contributed by atoms with E-state index in [1.54, 1.807) is 13.3 Å². The van der Waals surface area contributed by atoms with Gasteiger partial charge in [-0.25, -0.2) is 9.98 Å². The summed E-state index contributed by atoms with van der Waals surface area (Å²) in [6.07, 6.45) is 3.44. The molecule has 1 spiro atoms. The van der Waals surface area contributed by atoms with Gasteiger partial charge in [-0.2, -0.15) is 0 Å². The van der Waals surface area contributed by atoms with Crippen molar-refractivity contribution in [2.45, 2.75) is 43.9 Å². The quantitative estimate of drug-likeness (QED) is 0.368. The molecule has 0 unspecified atom stereocenters. The molecule has 3 aliphatic heterocycles. The lowest BCUT2D eigenvalue weighted by atomic mass is 9.77. The van der Waals surface area contributed by atoms with Crippen molar-refractivity contribution in [3.8, 4) is 0 Å². The van der Waals surface area contributed by atoms with Gasteiger partial charge in [-0.15, -0.1) is 0 Å². The predicted octanol–water partition coefficient (Wildman–Crippen LogP) is 3.90. The number of nitrogens with zero attached hydrogens (tertiary/aromatic N) is 2. The molecule has 1 saturated heterocycles. The van der Waals surface area contributed by atoms with Crippen LogP contribution in [0.25, 0.3) is 0 Å². The van der Waals surface area contributed by atoms with Crippen molar-refractivity contribution in [2.75, 3.05) is 44.2 Å². The molecule has 40 heavy (non-hydrogen) atoms. The molecule has 1 fully saturated rings. The first-order chi connectivity index (χ1) is 19.4. The number of aliphatic hydroxyl groups is 1. The van der Waals surface area contributed by atoms with Crippen LogP contribution < -0.4 is 16.1 Å². The Kier molecular flexibility index (Phi) is 7.26. The SMILES string of the molecule is COB1OC(C)(C)c2cc(Nc3cc(N[C@H](CO)c4ccccc4)c(C4=NC5(CCOCC5)CO4)cn3)ccc21. The molecular weight excluding hydrogens is 507 g/mol. The number of aliphatic hydroxyl groups excluding tert-OH is 1. The first-order valence-corrected chi connectivity index (χ1v) is 13.7. The Hall–Kier alpha value is -3.44. The van der Waals surface area contributed by atoms with Gasteiger partial charge in [0.15, 0.2) is 0 Å². The second-order valence-electron chi connectivity index (χ2n) is 11.1. The van der Waals surface area contributed by atoms with Gasteiger partial charge >= 0.3 is 7.12 Å². The van der Waals surface area contributed by atoms with E-state index in [2.05, 4.69) is 16.7 Å². The van der Waals surface area contributed by atoms with Crippen LogP contribution in [-0.4, -0.2) is 62.2 Å². The molecule has 0 aliphatic carbocycles. The number of fused-ring (bicyclic) bond motifs is 1. The first kappa shape index (κ1) is 26.8. The molecular formula is C30H35BN4O5. The second-order valence-corrected chi connectivity index (χ2v) is 11.1. The number of nitrogens with one attached hydrogen (secondary N) is 2. The van der Waals surface area contributed by atoms with E-state index in [0.29, 0.717) is 31.5 Å². The van der Waals surface area contributed by atoms with Crippen molar-refractivity contribution >= 4 is 35.7 Å². The van der Waals surface area contributed by atoms with Crippen LogP contribution >= 0.6 is 0 Å². The number of ether oxygens (including phenoxy) is 2. The summed E-state index contributed by atoms with van der Waals surface area (Å²) >= 11 is 0. The molecule has 6 rings (SSSR count). The minimum Gasteiger partial charge on any atom is -0.475 e. The summed E-state index contributed by atoms with van der Waals surface area (Å²) in [5.41, 5.74) is 4.76. The van der Waals surface area contributed by atoms with Crippen molar-refractivity contribution in [2.24, 2.45) is 4.99 Å². The van der Waals surface area contributed by atoms with Crippen LogP contribution in [0.1, 0.15) is 49.4 Å². The fourth-order valence-corrected chi connectivity index (χ4v) is 5.63. The lowest BCUT2D eigenvalue weighted by Gasteiger charge is -2.28. The van der Waals surface area contributed by atoms with Crippen LogP contribution in [0.5, 0.6) is 0 Å². The van der Waals surface area contributed by atoms with Gasteiger partial charge in [0.1, 0.15) is 18.0 Å². The smallest absolute Gasteiger partial charge is 0.475 e. The van der Waals surface area contributed by atoms with E-state index in [1.165, 1.54) is 0 Å². The van der Waals surface area contributed by atoms with Crippen LogP contribution in [-0.2, 0) is 24.4 Å². The van der Waals surface area contributed by atoms with Gasteiger partial charge in [-0.1, -0.05) is 36.4 Å². The number of aliphatic imine (C=N–C) groups is 1. The maximum atomic E-state index is 10.3. The maximum absolute atomic E-state index is 10.3. The van der Waals surface area contributed by atoms with Gasteiger partial charge in [0.05, 0.1) is 29.5 Å². The number of rotatable bonds is 8. The Morgan fingerprint density at radius 1 is 1.10 bits per heavy atom. The highest BCUT2D eigenvalue weighted by Crippen LogP contribution is 2.36. The van der Waals surface area contributed by atoms with Crippen molar-refractivity contribution < 1.29 is 23.9 Å². The number of anilines is 3. The zero-order chi connectivity index (χ0) is 27.7.